The first kappa shape index (κ1) is 17.5. The van der Waals surface area contributed by atoms with Crippen molar-refractivity contribution >= 4 is 5.97 Å². The van der Waals surface area contributed by atoms with Gasteiger partial charge in [-0.05, 0) is 24.5 Å². The predicted octanol–water partition coefficient (Wildman–Crippen LogP) is 2.85. The number of benzene rings is 2. The number of hydrogen-bond donors (Lipinski definition) is 2. The zero-order valence-electron chi connectivity index (χ0n) is 14.0. The predicted molar refractivity (Wildman–Crippen MR) is 94.4 cm³/mol. The molecule has 0 bridgehead atoms. The molecule has 1 unspecified atom stereocenters. The third-order valence-electron chi connectivity index (χ3n) is 4.55. The third kappa shape index (κ3) is 4.38. The van der Waals surface area contributed by atoms with E-state index in [0.29, 0.717) is 43.9 Å². The number of para-hydroxylation sites is 1. The highest BCUT2D eigenvalue weighted by Gasteiger charge is 2.32. The second-order valence-corrected chi connectivity index (χ2v) is 6.32. The largest absolute Gasteiger partial charge is 0.489 e. The topological polar surface area (TPSA) is 70.0 Å². The number of carbonyl (C=O) groups is 1. The van der Waals surface area contributed by atoms with E-state index in [4.69, 9.17) is 4.74 Å². The van der Waals surface area contributed by atoms with Crippen LogP contribution in [0.5, 0.6) is 5.75 Å². The van der Waals surface area contributed by atoms with Gasteiger partial charge in [0.2, 0.25) is 0 Å². The molecule has 1 atom stereocenters. The van der Waals surface area contributed by atoms with Crippen molar-refractivity contribution in [3.8, 4) is 5.75 Å². The van der Waals surface area contributed by atoms with Crippen LogP contribution in [0.25, 0.3) is 0 Å². The first-order valence-corrected chi connectivity index (χ1v) is 8.55. The van der Waals surface area contributed by atoms with Crippen molar-refractivity contribution in [2.45, 2.75) is 31.6 Å². The molecule has 5 nitrogen and oxygen atoms in total. The van der Waals surface area contributed by atoms with Crippen molar-refractivity contribution in [2.75, 3.05) is 13.1 Å². The van der Waals surface area contributed by atoms with Gasteiger partial charge in [0, 0.05) is 18.7 Å². The molecule has 1 heterocycles. The molecule has 1 aliphatic heterocycles. The van der Waals surface area contributed by atoms with Crippen LogP contribution in [0.1, 0.15) is 30.0 Å². The molecule has 0 saturated carbocycles. The van der Waals surface area contributed by atoms with Gasteiger partial charge in [0.15, 0.2) is 0 Å². The second-order valence-electron chi connectivity index (χ2n) is 6.32. The second kappa shape index (κ2) is 8.14. The van der Waals surface area contributed by atoms with Crippen molar-refractivity contribution in [2.24, 2.45) is 0 Å². The van der Waals surface area contributed by atoms with E-state index < -0.39 is 12.0 Å². The van der Waals surface area contributed by atoms with E-state index in [1.807, 2.05) is 59.5 Å². The number of nitrogens with zero attached hydrogens (tertiary/aromatic N) is 1. The molecule has 2 aromatic carbocycles. The highest BCUT2D eigenvalue weighted by Crippen LogP contribution is 2.32. The molecule has 0 radical (unpaired) electrons. The zero-order valence-corrected chi connectivity index (χ0v) is 14.0. The molecule has 0 spiro atoms. The molecule has 2 aromatic rings. The summed E-state index contributed by atoms with van der Waals surface area (Å²) in [7, 11) is 0. The van der Waals surface area contributed by atoms with E-state index in [9.17, 15) is 15.0 Å². The van der Waals surface area contributed by atoms with E-state index in [-0.39, 0.29) is 6.10 Å². The molecule has 0 aromatic heterocycles. The molecular weight excluding hydrogens is 318 g/mol. The monoisotopic (exact) mass is 341 g/mol. The summed E-state index contributed by atoms with van der Waals surface area (Å²) in [5.74, 6) is -0.308. The summed E-state index contributed by atoms with van der Waals surface area (Å²) in [5, 5.41) is 19.5. The maximum atomic E-state index is 11.9. The molecule has 0 amide bonds. The first-order chi connectivity index (χ1) is 12.1. The lowest BCUT2D eigenvalue weighted by Crippen LogP contribution is -2.41. The number of hydrogen-bond acceptors (Lipinski definition) is 4. The Morgan fingerprint density at radius 1 is 1.08 bits per heavy atom. The van der Waals surface area contributed by atoms with Crippen molar-refractivity contribution in [1.82, 2.24) is 4.90 Å². The van der Waals surface area contributed by atoms with Gasteiger partial charge in [-0.1, -0.05) is 48.5 Å². The van der Waals surface area contributed by atoms with E-state index in [1.165, 1.54) is 0 Å². The average molecular weight is 341 g/mol. The highest BCUT2D eigenvalue weighted by atomic mass is 16.5. The Kier molecular flexibility index (Phi) is 5.68. The lowest BCUT2D eigenvalue weighted by Gasteiger charge is -2.34. The number of aliphatic carboxylic acids is 1. The lowest BCUT2D eigenvalue weighted by molar-refractivity contribution is -0.144. The molecule has 132 valence electrons. The molecule has 5 heteroatoms. The van der Waals surface area contributed by atoms with E-state index >= 15 is 0 Å². The number of piperidine rings is 1. The van der Waals surface area contributed by atoms with Crippen LogP contribution in [0.3, 0.4) is 0 Å². The van der Waals surface area contributed by atoms with Gasteiger partial charge in [0.1, 0.15) is 18.4 Å². The van der Waals surface area contributed by atoms with Crippen LogP contribution in [0, 0.1) is 0 Å². The van der Waals surface area contributed by atoms with E-state index in [1.54, 1.807) is 0 Å². The van der Waals surface area contributed by atoms with Gasteiger partial charge in [0.05, 0.1) is 6.10 Å². The van der Waals surface area contributed by atoms with Crippen LogP contribution in [0.2, 0.25) is 0 Å². The van der Waals surface area contributed by atoms with E-state index in [2.05, 4.69) is 0 Å². The van der Waals surface area contributed by atoms with Crippen molar-refractivity contribution in [1.29, 1.82) is 0 Å². The Morgan fingerprint density at radius 2 is 1.72 bits per heavy atom. The SMILES string of the molecule is O=C(O)C(c1ccccc1OCc1ccccc1)N1CCC(O)CC1. The van der Waals surface area contributed by atoms with Crippen LogP contribution in [-0.4, -0.2) is 40.3 Å². The van der Waals surface area contributed by atoms with Crippen LogP contribution in [0.4, 0.5) is 0 Å². The molecule has 0 aliphatic carbocycles. The summed E-state index contributed by atoms with van der Waals surface area (Å²) < 4.78 is 5.93. The minimum atomic E-state index is -0.896. The fourth-order valence-corrected chi connectivity index (χ4v) is 3.20. The maximum Gasteiger partial charge on any atom is 0.325 e. The van der Waals surface area contributed by atoms with Gasteiger partial charge >= 0.3 is 5.97 Å². The minimum Gasteiger partial charge on any atom is -0.489 e. The number of likely N-dealkylation sites (tertiary alicyclic amines) is 1. The summed E-state index contributed by atoms with van der Waals surface area (Å²) >= 11 is 0. The molecule has 1 fully saturated rings. The molecule has 3 rings (SSSR count). The Bertz CT molecular complexity index is 696. The van der Waals surface area contributed by atoms with Gasteiger partial charge in [-0.25, -0.2) is 0 Å². The number of carboxylic acids is 1. The summed E-state index contributed by atoms with van der Waals surface area (Å²) in [6.45, 7) is 1.51. The van der Waals surface area contributed by atoms with Gasteiger partial charge in [-0.15, -0.1) is 0 Å². The highest BCUT2D eigenvalue weighted by molar-refractivity contribution is 5.76. The Morgan fingerprint density at radius 3 is 2.40 bits per heavy atom. The van der Waals surface area contributed by atoms with Crippen LogP contribution < -0.4 is 4.74 Å². The van der Waals surface area contributed by atoms with Gasteiger partial charge in [-0.2, -0.15) is 0 Å². The minimum absolute atomic E-state index is 0.338. The van der Waals surface area contributed by atoms with Crippen LogP contribution >= 0.6 is 0 Å². The summed E-state index contributed by atoms with van der Waals surface area (Å²) in [5.41, 5.74) is 1.69. The first-order valence-electron chi connectivity index (χ1n) is 8.55. The Hall–Kier alpha value is -2.37. The molecule has 1 aliphatic rings. The average Bonchev–Trinajstić information content (AvgIpc) is 2.63. The standard InChI is InChI=1S/C20H23NO4/c22-16-10-12-21(13-11-16)19(20(23)24)17-8-4-5-9-18(17)25-14-15-6-2-1-3-7-15/h1-9,16,19,22H,10-14H2,(H,23,24). The Labute approximate surface area is 147 Å². The molecule has 2 N–H and O–H groups in total. The van der Waals surface area contributed by atoms with Crippen molar-refractivity contribution in [3.05, 3.63) is 65.7 Å². The summed E-state index contributed by atoms with van der Waals surface area (Å²) in [4.78, 5) is 13.9. The smallest absolute Gasteiger partial charge is 0.325 e. The quantitative estimate of drug-likeness (QED) is 0.845. The molecule has 25 heavy (non-hydrogen) atoms. The van der Waals surface area contributed by atoms with Gasteiger partial charge in [0.25, 0.3) is 0 Å². The van der Waals surface area contributed by atoms with Gasteiger partial charge < -0.3 is 14.9 Å². The lowest BCUT2D eigenvalue weighted by atomic mass is 10.00. The normalized spacial score (nSPS) is 17.2. The van der Waals surface area contributed by atoms with E-state index in [0.717, 1.165) is 5.56 Å². The number of aliphatic hydroxyl groups excluding tert-OH is 1. The molecule has 1 saturated heterocycles. The van der Waals surface area contributed by atoms with Crippen LogP contribution in [-0.2, 0) is 11.4 Å². The number of carboxylic acid groups (broad SMARTS) is 1. The third-order valence-corrected chi connectivity index (χ3v) is 4.55. The summed E-state index contributed by atoms with van der Waals surface area (Å²) in [6.07, 6.45) is 0.850. The van der Waals surface area contributed by atoms with Crippen molar-refractivity contribution in [3.63, 3.8) is 0 Å². The zero-order chi connectivity index (χ0) is 17.6. The number of ether oxygens (including phenoxy) is 1. The fourth-order valence-electron chi connectivity index (χ4n) is 3.20. The maximum absolute atomic E-state index is 11.9. The number of aliphatic hydroxyl groups is 1. The van der Waals surface area contributed by atoms with Crippen molar-refractivity contribution < 1.29 is 19.7 Å². The Balaban J connectivity index is 1.80. The summed E-state index contributed by atoms with van der Waals surface area (Å²) in [6, 6.07) is 16.3. The fraction of sp³-hybridized carbons (Fsp3) is 0.350. The van der Waals surface area contributed by atoms with Crippen LogP contribution in [0.15, 0.2) is 54.6 Å². The number of rotatable bonds is 6. The molecular formula is C20H23NO4. The van der Waals surface area contributed by atoms with Gasteiger partial charge in [-0.3, -0.25) is 9.69 Å².